The number of rotatable bonds is 8. The summed E-state index contributed by atoms with van der Waals surface area (Å²) in [6, 6.07) is 7.70. The Balaban J connectivity index is 2.44. The van der Waals surface area contributed by atoms with Gasteiger partial charge in [0.1, 0.15) is 16.6 Å². The van der Waals surface area contributed by atoms with Gasteiger partial charge in [0.2, 0.25) is 0 Å². The standard InChI is InChI=1S/C20H25ClN2O2/c1-5-6-7-8-17-20(24)23(18(14(2)3)19(21)22-17)13-15-9-11-16(25-4)12-10-15/h5,9-12,14H,1,6-8,13H2,2-4H3. The van der Waals surface area contributed by atoms with Crippen molar-refractivity contribution in [3.05, 3.63) is 69.4 Å². The summed E-state index contributed by atoms with van der Waals surface area (Å²) < 4.78 is 6.95. The van der Waals surface area contributed by atoms with E-state index in [1.807, 2.05) is 44.2 Å². The van der Waals surface area contributed by atoms with Crippen LogP contribution < -0.4 is 10.3 Å². The summed E-state index contributed by atoms with van der Waals surface area (Å²) in [4.78, 5) is 17.3. The molecular weight excluding hydrogens is 336 g/mol. The second kappa shape index (κ2) is 8.86. The summed E-state index contributed by atoms with van der Waals surface area (Å²) in [6.45, 7) is 8.22. The molecule has 1 heterocycles. The van der Waals surface area contributed by atoms with Crippen molar-refractivity contribution in [3.8, 4) is 5.75 Å². The summed E-state index contributed by atoms with van der Waals surface area (Å²) in [6.07, 6.45) is 4.14. The fourth-order valence-electron chi connectivity index (χ4n) is 2.80. The molecule has 0 N–H and O–H groups in total. The van der Waals surface area contributed by atoms with Crippen LogP contribution in [0.15, 0.2) is 41.7 Å². The second-order valence-corrected chi connectivity index (χ2v) is 6.67. The quantitative estimate of drug-likeness (QED) is 0.511. The van der Waals surface area contributed by atoms with Crippen LogP contribution in [0.1, 0.15) is 49.6 Å². The third kappa shape index (κ3) is 4.73. The Labute approximate surface area is 154 Å². The number of halogens is 1. The van der Waals surface area contributed by atoms with Crippen molar-refractivity contribution in [2.75, 3.05) is 7.11 Å². The molecule has 0 fully saturated rings. The van der Waals surface area contributed by atoms with Gasteiger partial charge in [-0.05, 0) is 42.9 Å². The fourth-order valence-corrected chi connectivity index (χ4v) is 3.22. The van der Waals surface area contributed by atoms with Gasteiger partial charge >= 0.3 is 0 Å². The highest BCUT2D eigenvalue weighted by Crippen LogP contribution is 2.23. The number of allylic oxidation sites excluding steroid dienone is 1. The second-order valence-electron chi connectivity index (χ2n) is 6.31. The van der Waals surface area contributed by atoms with Crippen LogP contribution >= 0.6 is 11.6 Å². The third-order valence-corrected chi connectivity index (χ3v) is 4.37. The normalized spacial score (nSPS) is 10.9. The Morgan fingerprint density at radius 3 is 2.56 bits per heavy atom. The van der Waals surface area contributed by atoms with E-state index in [4.69, 9.17) is 16.3 Å². The molecule has 0 radical (unpaired) electrons. The molecule has 2 rings (SSSR count). The monoisotopic (exact) mass is 360 g/mol. The summed E-state index contributed by atoms with van der Waals surface area (Å²) in [5, 5.41) is 0.414. The van der Waals surface area contributed by atoms with Gasteiger partial charge < -0.3 is 9.30 Å². The van der Waals surface area contributed by atoms with Crippen LogP contribution in [0.4, 0.5) is 0 Å². The van der Waals surface area contributed by atoms with Crippen LogP contribution in [0.3, 0.4) is 0 Å². The molecule has 0 aliphatic carbocycles. The van der Waals surface area contributed by atoms with E-state index in [0.29, 0.717) is 23.8 Å². The van der Waals surface area contributed by atoms with Crippen LogP contribution in [0.25, 0.3) is 0 Å². The molecule has 0 aliphatic rings. The number of aryl methyl sites for hydroxylation is 1. The lowest BCUT2D eigenvalue weighted by Gasteiger charge is -2.18. The van der Waals surface area contributed by atoms with Gasteiger partial charge in [0.15, 0.2) is 0 Å². The van der Waals surface area contributed by atoms with E-state index >= 15 is 0 Å². The molecule has 0 spiro atoms. The lowest BCUT2D eigenvalue weighted by atomic mass is 10.1. The van der Waals surface area contributed by atoms with Crippen molar-refractivity contribution < 1.29 is 4.74 Å². The minimum atomic E-state index is -0.0621. The molecule has 0 amide bonds. The first-order valence-corrected chi connectivity index (χ1v) is 8.88. The first-order valence-electron chi connectivity index (χ1n) is 8.50. The highest BCUT2D eigenvalue weighted by Gasteiger charge is 2.18. The molecule has 0 saturated carbocycles. The van der Waals surface area contributed by atoms with Crippen molar-refractivity contribution in [2.24, 2.45) is 0 Å². The van der Waals surface area contributed by atoms with Crippen molar-refractivity contribution in [1.82, 2.24) is 9.55 Å². The number of nitrogens with zero attached hydrogens (tertiary/aromatic N) is 2. The molecule has 0 saturated heterocycles. The summed E-state index contributed by atoms with van der Waals surface area (Å²) in [5.74, 6) is 0.895. The number of methoxy groups -OCH3 is 1. The Bertz CT molecular complexity index is 780. The Hall–Kier alpha value is -2.07. The van der Waals surface area contributed by atoms with Crippen molar-refractivity contribution in [1.29, 1.82) is 0 Å². The van der Waals surface area contributed by atoms with E-state index in [1.165, 1.54) is 0 Å². The minimum Gasteiger partial charge on any atom is -0.497 e. The zero-order valence-electron chi connectivity index (χ0n) is 15.1. The predicted molar refractivity (Wildman–Crippen MR) is 103 cm³/mol. The summed E-state index contributed by atoms with van der Waals surface area (Å²) in [7, 11) is 1.63. The van der Waals surface area contributed by atoms with Crippen molar-refractivity contribution in [3.63, 3.8) is 0 Å². The highest BCUT2D eigenvalue weighted by molar-refractivity contribution is 6.30. The molecule has 1 aromatic heterocycles. The smallest absolute Gasteiger partial charge is 0.272 e. The third-order valence-electron chi connectivity index (χ3n) is 4.10. The molecule has 1 aromatic carbocycles. The zero-order chi connectivity index (χ0) is 18.4. The lowest BCUT2D eigenvalue weighted by molar-refractivity contribution is 0.414. The Kier molecular flexibility index (Phi) is 6.82. The molecular formula is C20H25ClN2O2. The number of ether oxygens (including phenoxy) is 1. The average molecular weight is 361 g/mol. The fraction of sp³-hybridized carbons (Fsp3) is 0.400. The molecule has 0 atom stereocenters. The highest BCUT2D eigenvalue weighted by atomic mass is 35.5. The summed E-state index contributed by atoms with van der Waals surface area (Å²) in [5.41, 5.74) is 2.25. The van der Waals surface area contributed by atoms with Gasteiger partial charge in [0.25, 0.3) is 5.56 Å². The van der Waals surface area contributed by atoms with Crippen LogP contribution in [-0.4, -0.2) is 16.7 Å². The largest absolute Gasteiger partial charge is 0.497 e. The van der Waals surface area contributed by atoms with E-state index < -0.39 is 0 Å². The number of hydrogen-bond acceptors (Lipinski definition) is 3. The van der Waals surface area contributed by atoms with E-state index in [2.05, 4.69) is 11.6 Å². The molecule has 4 nitrogen and oxygen atoms in total. The van der Waals surface area contributed by atoms with Gasteiger partial charge in [0.05, 0.1) is 19.3 Å². The molecule has 2 aromatic rings. The maximum atomic E-state index is 13.0. The van der Waals surface area contributed by atoms with Gasteiger partial charge in [-0.25, -0.2) is 4.98 Å². The SMILES string of the molecule is C=CCCCc1nc(Cl)c(C(C)C)n(Cc2ccc(OC)cc2)c1=O. The molecule has 0 unspecified atom stereocenters. The maximum absolute atomic E-state index is 13.0. The maximum Gasteiger partial charge on any atom is 0.272 e. The number of unbranched alkanes of at least 4 members (excludes halogenated alkanes) is 1. The number of benzene rings is 1. The first-order chi connectivity index (χ1) is 12.0. The molecule has 0 bridgehead atoms. The van der Waals surface area contributed by atoms with Gasteiger partial charge in [-0.1, -0.05) is 43.7 Å². The zero-order valence-corrected chi connectivity index (χ0v) is 15.8. The van der Waals surface area contributed by atoms with E-state index in [1.54, 1.807) is 11.7 Å². The van der Waals surface area contributed by atoms with Crippen LogP contribution in [-0.2, 0) is 13.0 Å². The molecule has 0 aliphatic heterocycles. The summed E-state index contributed by atoms with van der Waals surface area (Å²) >= 11 is 6.42. The topological polar surface area (TPSA) is 44.1 Å². The van der Waals surface area contributed by atoms with Gasteiger partial charge in [-0.15, -0.1) is 6.58 Å². The Morgan fingerprint density at radius 1 is 1.32 bits per heavy atom. The van der Waals surface area contributed by atoms with E-state index in [0.717, 1.165) is 29.8 Å². The number of aromatic nitrogens is 2. The van der Waals surface area contributed by atoms with E-state index in [9.17, 15) is 4.79 Å². The molecule has 5 heteroatoms. The average Bonchev–Trinajstić information content (AvgIpc) is 2.59. The van der Waals surface area contributed by atoms with Crippen LogP contribution in [0.5, 0.6) is 5.75 Å². The lowest BCUT2D eigenvalue weighted by Crippen LogP contribution is -2.30. The van der Waals surface area contributed by atoms with Gasteiger partial charge in [-0.3, -0.25) is 4.79 Å². The van der Waals surface area contributed by atoms with E-state index in [-0.39, 0.29) is 11.5 Å². The van der Waals surface area contributed by atoms with Gasteiger partial charge in [-0.2, -0.15) is 0 Å². The van der Waals surface area contributed by atoms with Gasteiger partial charge in [0, 0.05) is 0 Å². The number of hydrogen-bond donors (Lipinski definition) is 0. The first kappa shape index (κ1) is 19.3. The Morgan fingerprint density at radius 2 is 2.00 bits per heavy atom. The predicted octanol–water partition coefficient (Wildman–Crippen LogP) is 4.59. The van der Waals surface area contributed by atoms with Crippen LogP contribution in [0, 0.1) is 0 Å². The minimum absolute atomic E-state index is 0.0621. The van der Waals surface area contributed by atoms with Crippen molar-refractivity contribution in [2.45, 2.75) is 45.6 Å². The van der Waals surface area contributed by atoms with Crippen molar-refractivity contribution >= 4 is 11.6 Å². The molecule has 134 valence electrons. The molecule has 25 heavy (non-hydrogen) atoms. The van der Waals surface area contributed by atoms with Crippen LogP contribution in [0.2, 0.25) is 5.15 Å².